The highest BCUT2D eigenvalue weighted by molar-refractivity contribution is 5.93. The number of nitrogens with zero attached hydrogens (tertiary/aromatic N) is 3. The Balaban J connectivity index is 1.71. The van der Waals surface area contributed by atoms with Crippen molar-refractivity contribution in [1.82, 2.24) is 15.0 Å². The molecule has 0 aliphatic carbocycles. The zero-order valence-electron chi connectivity index (χ0n) is 12.2. The van der Waals surface area contributed by atoms with Crippen LogP contribution < -0.4 is 0 Å². The molecule has 1 aliphatic heterocycles. The lowest BCUT2D eigenvalue weighted by Crippen LogP contribution is -2.46. The van der Waals surface area contributed by atoms with Gasteiger partial charge in [0.15, 0.2) is 11.5 Å². The van der Waals surface area contributed by atoms with Crippen LogP contribution in [0.5, 0.6) is 0 Å². The number of carbonyl (C=O) groups excluding carboxylic acids is 1. The summed E-state index contributed by atoms with van der Waals surface area (Å²) in [5, 5.41) is 12.6. The lowest BCUT2D eigenvalue weighted by Gasteiger charge is -2.31. The van der Waals surface area contributed by atoms with Gasteiger partial charge in [-0.1, -0.05) is 5.16 Å². The maximum absolute atomic E-state index is 12.5. The number of ether oxygens (including phenoxy) is 1. The van der Waals surface area contributed by atoms with Crippen molar-refractivity contribution in [3.05, 3.63) is 36.3 Å². The third-order valence-electron chi connectivity index (χ3n) is 3.50. The molecule has 2 aromatic rings. The van der Waals surface area contributed by atoms with E-state index in [-0.39, 0.29) is 24.6 Å². The van der Waals surface area contributed by atoms with Crippen LogP contribution in [-0.4, -0.2) is 57.8 Å². The highest BCUT2D eigenvalue weighted by Crippen LogP contribution is 2.20. The Kier molecular flexibility index (Phi) is 4.33. The van der Waals surface area contributed by atoms with Crippen LogP contribution in [0.1, 0.15) is 16.9 Å². The first-order chi connectivity index (χ1) is 11.1. The third kappa shape index (κ3) is 3.54. The van der Waals surface area contributed by atoms with Crippen LogP contribution in [0.2, 0.25) is 0 Å². The van der Waals surface area contributed by atoms with E-state index in [1.54, 1.807) is 30.6 Å². The Labute approximate surface area is 131 Å². The SMILES string of the molecule is O=C(O)CC1CN(C(=O)c2cc(-c3cccnc3)on2)CCO1. The van der Waals surface area contributed by atoms with Gasteiger partial charge in [0.05, 0.1) is 19.1 Å². The number of morpholine rings is 1. The Bertz CT molecular complexity index is 700. The second-order valence-electron chi connectivity index (χ2n) is 5.16. The number of carboxylic acids is 1. The van der Waals surface area contributed by atoms with E-state index < -0.39 is 12.1 Å². The van der Waals surface area contributed by atoms with Crippen molar-refractivity contribution in [3.63, 3.8) is 0 Å². The zero-order chi connectivity index (χ0) is 16.2. The standard InChI is InChI=1S/C15H15N3O5/c19-14(20)6-11-9-18(4-5-22-11)15(21)12-7-13(23-17-12)10-2-1-3-16-8-10/h1-3,7-8,11H,4-6,9H2,(H,19,20). The lowest BCUT2D eigenvalue weighted by atomic mass is 10.2. The second kappa shape index (κ2) is 6.57. The molecule has 1 fully saturated rings. The molecule has 120 valence electrons. The number of aliphatic carboxylic acids is 1. The maximum Gasteiger partial charge on any atom is 0.306 e. The molecule has 3 rings (SSSR count). The summed E-state index contributed by atoms with van der Waals surface area (Å²) in [6.45, 7) is 0.918. The smallest absolute Gasteiger partial charge is 0.306 e. The third-order valence-corrected chi connectivity index (χ3v) is 3.50. The average Bonchev–Trinajstić information content (AvgIpc) is 3.04. The molecule has 3 heterocycles. The van der Waals surface area contributed by atoms with Crippen molar-refractivity contribution in [2.45, 2.75) is 12.5 Å². The van der Waals surface area contributed by atoms with Crippen LogP contribution in [0, 0.1) is 0 Å². The number of carboxylic acid groups (broad SMARTS) is 1. The van der Waals surface area contributed by atoms with E-state index in [0.29, 0.717) is 18.9 Å². The predicted octanol–water partition coefficient (Wildman–Crippen LogP) is 1.05. The second-order valence-corrected chi connectivity index (χ2v) is 5.16. The molecule has 0 saturated carbocycles. The van der Waals surface area contributed by atoms with Gasteiger partial charge in [-0.15, -0.1) is 0 Å². The molecule has 2 aromatic heterocycles. The van der Waals surface area contributed by atoms with Crippen molar-refractivity contribution >= 4 is 11.9 Å². The number of aromatic nitrogens is 2. The summed E-state index contributed by atoms with van der Waals surface area (Å²) in [4.78, 5) is 28.7. The minimum Gasteiger partial charge on any atom is -0.481 e. The van der Waals surface area contributed by atoms with E-state index in [9.17, 15) is 9.59 Å². The summed E-state index contributed by atoms with van der Waals surface area (Å²) in [6, 6.07) is 5.12. The number of hydrogen-bond donors (Lipinski definition) is 1. The molecule has 0 bridgehead atoms. The van der Waals surface area contributed by atoms with Crippen molar-refractivity contribution in [2.75, 3.05) is 19.7 Å². The summed E-state index contributed by atoms with van der Waals surface area (Å²) in [5.74, 6) is -0.802. The number of hydrogen-bond acceptors (Lipinski definition) is 6. The highest BCUT2D eigenvalue weighted by Gasteiger charge is 2.28. The molecule has 23 heavy (non-hydrogen) atoms. The van der Waals surface area contributed by atoms with Crippen LogP contribution in [0.15, 0.2) is 35.1 Å². The van der Waals surface area contributed by atoms with Crippen molar-refractivity contribution < 1.29 is 24.0 Å². The summed E-state index contributed by atoms with van der Waals surface area (Å²) >= 11 is 0. The van der Waals surface area contributed by atoms with Gasteiger partial charge in [-0.05, 0) is 12.1 Å². The Morgan fingerprint density at radius 2 is 2.30 bits per heavy atom. The molecule has 8 heteroatoms. The van der Waals surface area contributed by atoms with Gasteiger partial charge >= 0.3 is 5.97 Å². The fourth-order valence-electron chi connectivity index (χ4n) is 2.40. The van der Waals surface area contributed by atoms with Crippen LogP contribution >= 0.6 is 0 Å². The highest BCUT2D eigenvalue weighted by atomic mass is 16.5. The minimum absolute atomic E-state index is 0.135. The maximum atomic E-state index is 12.5. The quantitative estimate of drug-likeness (QED) is 0.898. The molecular weight excluding hydrogens is 302 g/mol. The summed E-state index contributed by atoms with van der Waals surface area (Å²) in [5.41, 5.74) is 0.907. The van der Waals surface area contributed by atoms with Gasteiger partial charge in [-0.25, -0.2) is 0 Å². The first kappa shape index (κ1) is 15.2. The zero-order valence-corrected chi connectivity index (χ0v) is 12.2. The largest absolute Gasteiger partial charge is 0.481 e. The molecule has 1 atom stereocenters. The fraction of sp³-hybridized carbons (Fsp3) is 0.333. The van der Waals surface area contributed by atoms with Crippen LogP contribution in [-0.2, 0) is 9.53 Å². The summed E-state index contributed by atoms with van der Waals surface area (Å²) in [6.07, 6.45) is 2.62. The van der Waals surface area contributed by atoms with E-state index in [2.05, 4.69) is 10.1 Å². The van der Waals surface area contributed by atoms with E-state index in [4.69, 9.17) is 14.4 Å². The van der Waals surface area contributed by atoms with E-state index in [1.807, 2.05) is 0 Å². The number of rotatable bonds is 4. The van der Waals surface area contributed by atoms with Crippen molar-refractivity contribution in [2.24, 2.45) is 0 Å². The molecule has 0 spiro atoms. The van der Waals surface area contributed by atoms with E-state index in [1.165, 1.54) is 4.90 Å². The van der Waals surface area contributed by atoms with Gasteiger partial charge in [0.25, 0.3) is 5.91 Å². The number of pyridine rings is 1. The first-order valence-corrected chi connectivity index (χ1v) is 7.13. The van der Waals surface area contributed by atoms with Gasteiger partial charge in [0, 0.05) is 37.1 Å². The Morgan fingerprint density at radius 3 is 3.04 bits per heavy atom. The lowest BCUT2D eigenvalue weighted by molar-refractivity contribution is -0.141. The molecule has 1 N–H and O–H groups in total. The monoisotopic (exact) mass is 317 g/mol. The number of amides is 1. The Hall–Kier alpha value is -2.74. The van der Waals surface area contributed by atoms with Crippen LogP contribution in [0.25, 0.3) is 11.3 Å². The normalized spacial score (nSPS) is 17.9. The van der Waals surface area contributed by atoms with Gasteiger partial charge in [-0.3, -0.25) is 14.6 Å². The van der Waals surface area contributed by atoms with Gasteiger partial charge in [-0.2, -0.15) is 0 Å². The molecule has 0 radical (unpaired) electrons. The van der Waals surface area contributed by atoms with Crippen molar-refractivity contribution in [1.29, 1.82) is 0 Å². The van der Waals surface area contributed by atoms with Gasteiger partial charge in [0.1, 0.15) is 0 Å². The Morgan fingerprint density at radius 1 is 1.43 bits per heavy atom. The molecule has 1 amide bonds. The number of carbonyl (C=O) groups is 2. The van der Waals surface area contributed by atoms with Crippen molar-refractivity contribution in [3.8, 4) is 11.3 Å². The van der Waals surface area contributed by atoms with E-state index in [0.717, 1.165) is 5.56 Å². The molecule has 1 aliphatic rings. The van der Waals surface area contributed by atoms with Crippen LogP contribution in [0.4, 0.5) is 0 Å². The molecule has 1 unspecified atom stereocenters. The molecule has 8 nitrogen and oxygen atoms in total. The molecular formula is C15H15N3O5. The summed E-state index contributed by atoms with van der Waals surface area (Å²) < 4.78 is 10.5. The van der Waals surface area contributed by atoms with Crippen LogP contribution in [0.3, 0.4) is 0 Å². The summed E-state index contributed by atoms with van der Waals surface area (Å²) in [7, 11) is 0. The van der Waals surface area contributed by atoms with E-state index >= 15 is 0 Å². The topological polar surface area (TPSA) is 106 Å². The predicted molar refractivity (Wildman–Crippen MR) is 77.6 cm³/mol. The minimum atomic E-state index is -0.954. The van der Waals surface area contributed by atoms with Gasteiger partial charge in [0.2, 0.25) is 0 Å². The van der Waals surface area contributed by atoms with Gasteiger partial charge < -0.3 is 19.3 Å². The molecule has 1 saturated heterocycles. The fourth-order valence-corrected chi connectivity index (χ4v) is 2.40. The average molecular weight is 317 g/mol. The molecule has 0 aromatic carbocycles. The first-order valence-electron chi connectivity index (χ1n) is 7.13.